The fourth-order valence-electron chi connectivity index (χ4n) is 3.10. The van der Waals surface area contributed by atoms with Crippen molar-refractivity contribution in [2.75, 3.05) is 4.90 Å². The SMILES string of the molecule is [B]CC(=O)c1c[nH]c2nc(N3C(=O)C4=C(CCC=C4)C3=O)ccc12. The fourth-order valence-corrected chi connectivity index (χ4v) is 3.10. The maximum Gasteiger partial charge on any atom is 0.267 e. The highest BCUT2D eigenvalue weighted by atomic mass is 16.2. The third kappa shape index (κ3) is 1.97. The summed E-state index contributed by atoms with van der Waals surface area (Å²) in [4.78, 5) is 45.2. The van der Waals surface area contributed by atoms with Crippen molar-refractivity contribution in [1.29, 1.82) is 0 Å². The quantitative estimate of drug-likeness (QED) is 0.532. The molecule has 0 fully saturated rings. The number of imide groups is 1. The van der Waals surface area contributed by atoms with Crippen molar-refractivity contribution in [3.8, 4) is 0 Å². The molecule has 3 heterocycles. The Morgan fingerprint density at radius 1 is 1.29 bits per heavy atom. The van der Waals surface area contributed by atoms with Crippen LogP contribution in [0.2, 0.25) is 6.32 Å². The van der Waals surface area contributed by atoms with Crippen LogP contribution in [0.3, 0.4) is 0 Å². The van der Waals surface area contributed by atoms with Gasteiger partial charge >= 0.3 is 0 Å². The van der Waals surface area contributed by atoms with Gasteiger partial charge in [0.2, 0.25) is 0 Å². The predicted molar refractivity (Wildman–Crippen MR) is 88.9 cm³/mol. The summed E-state index contributed by atoms with van der Waals surface area (Å²) >= 11 is 0. The van der Waals surface area contributed by atoms with Gasteiger partial charge in [0.1, 0.15) is 11.5 Å². The van der Waals surface area contributed by atoms with Crippen molar-refractivity contribution >= 4 is 42.3 Å². The molecule has 0 saturated carbocycles. The largest absolute Gasteiger partial charge is 0.345 e. The lowest BCUT2D eigenvalue weighted by molar-refractivity contribution is -0.120. The molecule has 1 aliphatic carbocycles. The van der Waals surface area contributed by atoms with E-state index in [0.29, 0.717) is 34.2 Å². The summed E-state index contributed by atoms with van der Waals surface area (Å²) in [6.07, 6.45) is 6.34. The lowest BCUT2D eigenvalue weighted by atomic mass is 9.96. The Kier molecular flexibility index (Phi) is 3.23. The van der Waals surface area contributed by atoms with E-state index in [1.165, 1.54) is 6.20 Å². The molecule has 0 spiro atoms. The van der Waals surface area contributed by atoms with Gasteiger partial charge < -0.3 is 4.98 Å². The Balaban J connectivity index is 1.76. The normalized spacial score (nSPS) is 17.1. The van der Waals surface area contributed by atoms with E-state index in [0.717, 1.165) is 11.3 Å². The van der Waals surface area contributed by atoms with E-state index in [1.807, 2.05) is 6.08 Å². The summed E-state index contributed by atoms with van der Waals surface area (Å²) in [5, 5.41) is 0.617. The van der Waals surface area contributed by atoms with E-state index >= 15 is 0 Å². The molecule has 0 atom stereocenters. The van der Waals surface area contributed by atoms with Gasteiger partial charge in [-0.15, -0.1) is 0 Å². The molecule has 1 N–H and O–H groups in total. The van der Waals surface area contributed by atoms with Gasteiger partial charge in [0.15, 0.2) is 5.78 Å². The molecule has 2 amide bonds. The number of H-pyrrole nitrogens is 1. The molecule has 2 aromatic heterocycles. The van der Waals surface area contributed by atoms with Gasteiger partial charge in [-0.05, 0) is 31.3 Å². The summed E-state index contributed by atoms with van der Waals surface area (Å²) in [5.74, 6) is -0.640. The standard InChI is InChI=1S/C17H12BN3O3/c18-7-13(22)12-8-19-15-9(12)5-6-14(20-15)21-16(23)10-3-1-2-4-11(10)17(21)24/h1,3,5-6,8H,2,4,7H2,(H,19,20). The van der Waals surface area contributed by atoms with Crippen LogP contribution in [0.15, 0.2) is 41.6 Å². The van der Waals surface area contributed by atoms with Gasteiger partial charge in [-0.25, -0.2) is 9.88 Å². The number of rotatable bonds is 3. The van der Waals surface area contributed by atoms with Crippen molar-refractivity contribution in [2.24, 2.45) is 0 Å². The monoisotopic (exact) mass is 317 g/mol. The Morgan fingerprint density at radius 2 is 2.12 bits per heavy atom. The molecule has 2 radical (unpaired) electrons. The van der Waals surface area contributed by atoms with Crippen LogP contribution in [0.25, 0.3) is 11.0 Å². The molecule has 0 aromatic carbocycles. The average Bonchev–Trinajstić information content (AvgIpc) is 3.14. The van der Waals surface area contributed by atoms with E-state index in [1.54, 1.807) is 18.2 Å². The molecule has 0 bridgehead atoms. The molecule has 4 rings (SSSR count). The van der Waals surface area contributed by atoms with Gasteiger partial charge in [-0.3, -0.25) is 14.4 Å². The molecule has 7 heteroatoms. The first-order valence-corrected chi connectivity index (χ1v) is 7.61. The number of nitrogens with zero attached hydrogens (tertiary/aromatic N) is 2. The minimum Gasteiger partial charge on any atom is -0.345 e. The van der Waals surface area contributed by atoms with Gasteiger partial charge in [-0.2, -0.15) is 0 Å². The molecule has 24 heavy (non-hydrogen) atoms. The third-order valence-electron chi connectivity index (χ3n) is 4.30. The van der Waals surface area contributed by atoms with Crippen LogP contribution in [0.1, 0.15) is 23.2 Å². The van der Waals surface area contributed by atoms with Crippen LogP contribution in [0.5, 0.6) is 0 Å². The molecule has 0 saturated heterocycles. The molecule has 6 nitrogen and oxygen atoms in total. The Labute approximate surface area is 138 Å². The third-order valence-corrected chi connectivity index (χ3v) is 4.30. The lowest BCUT2D eigenvalue weighted by Crippen LogP contribution is -2.32. The number of aromatic amines is 1. The number of hydrogen-bond donors (Lipinski definition) is 1. The van der Waals surface area contributed by atoms with E-state index in [-0.39, 0.29) is 29.7 Å². The first-order chi connectivity index (χ1) is 11.6. The maximum absolute atomic E-state index is 12.5. The first kappa shape index (κ1) is 14.6. The van der Waals surface area contributed by atoms with Crippen molar-refractivity contribution in [3.63, 3.8) is 0 Å². The Bertz CT molecular complexity index is 971. The minimum atomic E-state index is -0.359. The number of ketones is 1. The number of fused-ring (bicyclic) bond motifs is 1. The Hall–Kier alpha value is -2.96. The van der Waals surface area contributed by atoms with E-state index in [4.69, 9.17) is 7.85 Å². The summed E-state index contributed by atoms with van der Waals surface area (Å²) < 4.78 is 0. The van der Waals surface area contributed by atoms with Crippen LogP contribution in [0.4, 0.5) is 5.82 Å². The number of carbonyl (C=O) groups is 3. The highest BCUT2D eigenvalue weighted by Gasteiger charge is 2.39. The number of Topliss-reactive ketones (excluding diaryl/α,β-unsaturated/α-hetero) is 1. The lowest BCUT2D eigenvalue weighted by Gasteiger charge is -2.13. The van der Waals surface area contributed by atoms with E-state index < -0.39 is 0 Å². The molecule has 1 aliphatic heterocycles. The molecule has 0 unspecified atom stereocenters. The van der Waals surface area contributed by atoms with Crippen molar-refractivity contribution < 1.29 is 14.4 Å². The number of aromatic nitrogens is 2. The number of allylic oxidation sites excluding steroid dienone is 1. The minimum absolute atomic E-state index is 0.0965. The fraction of sp³-hybridized carbons (Fsp3) is 0.176. The zero-order valence-corrected chi connectivity index (χ0v) is 12.7. The molecule has 2 aromatic rings. The second kappa shape index (κ2) is 5.30. The second-order valence-corrected chi connectivity index (χ2v) is 5.67. The number of nitrogens with one attached hydrogen (secondary N) is 1. The summed E-state index contributed by atoms with van der Waals surface area (Å²) in [5.41, 5.74) is 1.87. The zero-order chi connectivity index (χ0) is 16.8. The topological polar surface area (TPSA) is 83.1 Å². The summed E-state index contributed by atoms with van der Waals surface area (Å²) in [7, 11) is 5.39. The number of pyridine rings is 1. The highest BCUT2D eigenvalue weighted by molar-refractivity contribution is 6.34. The number of amides is 2. The van der Waals surface area contributed by atoms with E-state index in [9.17, 15) is 14.4 Å². The highest BCUT2D eigenvalue weighted by Crippen LogP contribution is 2.32. The maximum atomic E-state index is 12.5. The first-order valence-electron chi connectivity index (χ1n) is 7.61. The van der Waals surface area contributed by atoms with Crippen molar-refractivity contribution in [3.05, 3.63) is 47.2 Å². The predicted octanol–water partition coefficient (Wildman–Crippen LogP) is 1.85. The molecule has 116 valence electrons. The van der Waals surface area contributed by atoms with Crippen LogP contribution < -0.4 is 4.90 Å². The number of anilines is 1. The average molecular weight is 317 g/mol. The summed E-state index contributed by atoms with van der Waals surface area (Å²) in [6, 6.07) is 3.24. The van der Waals surface area contributed by atoms with Gasteiger partial charge in [0.05, 0.1) is 7.85 Å². The van der Waals surface area contributed by atoms with Gasteiger partial charge in [-0.1, -0.05) is 12.2 Å². The zero-order valence-electron chi connectivity index (χ0n) is 12.7. The van der Waals surface area contributed by atoms with Crippen LogP contribution in [-0.4, -0.2) is 35.4 Å². The Morgan fingerprint density at radius 3 is 2.88 bits per heavy atom. The smallest absolute Gasteiger partial charge is 0.267 e. The second-order valence-electron chi connectivity index (χ2n) is 5.67. The van der Waals surface area contributed by atoms with Crippen LogP contribution in [-0.2, 0) is 9.59 Å². The van der Waals surface area contributed by atoms with Crippen molar-refractivity contribution in [1.82, 2.24) is 9.97 Å². The van der Waals surface area contributed by atoms with E-state index in [2.05, 4.69) is 9.97 Å². The van der Waals surface area contributed by atoms with Crippen LogP contribution >= 0.6 is 0 Å². The van der Waals surface area contributed by atoms with Gasteiger partial charge in [0, 0.05) is 28.3 Å². The van der Waals surface area contributed by atoms with Crippen molar-refractivity contribution in [2.45, 2.75) is 19.2 Å². The number of carbonyl (C=O) groups excluding carboxylic acids is 3. The molecular weight excluding hydrogens is 305 g/mol. The van der Waals surface area contributed by atoms with Gasteiger partial charge in [0.25, 0.3) is 11.8 Å². The van der Waals surface area contributed by atoms with Crippen LogP contribution in [0, 0.1) is 0 Å². The summed E-state index contributed by atoms with van der Waals surface area (Å²) in [6.45, 7) is 0. The molecule has 2 aliphatic rings. The molecular formula is C17H12BN3O3. The number of hydrogen-bond acceptors (Lipinski definition) is 4.